The van der Waals surface area contributed by atoms with Gasteiger partial charge in [-0.25, -0.2) is 0 Å². The highest BCUT2D eigenvalue weighted by Crippen LogP contribution is 2.48. The third kappa shape index (κ3) is 3.00. The van der Waals surface area contributed by atoms with Crippen LogP contribution in [0, 0.1) is 0 Å². The van der Waals surface area contributed by atoms with Gasteiger partial charge >= 0.3 is 0 Å². The molecule has 0 spiro atoms. The van der Waals surface area contributed by atoms with Crippen LogP contribution in [0.4, 0.5) is 0 Å². The van der Waals surface area contributed by atoms with Crippen LogP contribution in [0.5, 0.6) is 11.5 Å². The van der Waals surface area contributed by atoms with Gasteiger partial charge in [0, 0.05) is 18.4 Å². The quantitative estimate of drug-likeness (QED) is 0.823. The van der Waals surface area contributed by atoms with Gasteiger partial charge in [-0.15, -0.1) is 6.58 Å². The fourth-order valence-corrected chi connectivity index (χ4v) is 3.12. The lowest BCUT2D eigenvalue weighted by Crippen LogP contribution is -2.15. The maximum absolute atomic E-state index is 11.0. The Morgan fingerprint density at radius 2 is 2.21 bits per heavy atom. The number of hydrogen-bond donors (Lipinski definition) is 1. The second-order valence-corrected chi connectivity index (χ2v) is 5.85. The molecule has 0 saturated heterocycles. The fraction of sp³-hybridized carbons (Fsp3) is 0.250. The number of amides is 1. The number of hydrogen-bond acceptors (Lipinski definition) is 3. The molecule has 2 aromatic rings. The van der Waals surface area contributed by atoms with Gasteiger partial charge in [0.1, 0.15) is 17.6 Å². The third-order valence-electron chi connectivity index (χ3n) is 4.25. The summed E-state index contributed by atoms with van der Waals surface area (Å²) in [7, 11) is 1.66. The molecular formula is C20H21NO3. The van der Waals surface area contributed by atoms with Crippen molar-refractivity contribution in [2.75, 3.05) is 7.11 Å². The average molecular weight is 323 g/mol. The van der Waals surface area contributed by atoms with Crippen molar-refractivity contribution in [3.8, 4) is 22.6 Å². The van der Waals surface area contributed by atoms with Crippen LogP contribution in [0.2, 0.25) is 0 Å². The first-order valence-corrected chi connectivity index (χ1v) is 8.00. The summed E-state index contributed by atoms with van der Waals surface area (Å²) in [6, 6.07) is 12.0. The first-order chi connectivity index (χ1) is 11.6. The molecule has 2 N–H and O–H groups in total. The lowest BCUT2D eigenvalue weighted by atomic mass is 9.89. The highest BCUT2D eigenvalue weighted by molar-refractivity contribution is 5.81. The maximum atomic E-state index is 11.0. The third-order valence-corrected chi connectivity index (χ3v) is 4.25. The summed E-state index contributed by atoms with van der Waals surface area (Å²) in [4.78, 5) is 11.0. The van der Waals surface area contributed by atoms with E-state index in [0.717, 1.165) is 33.8 Å². The van der Waals surface area contributed by atoms with Gasteiger partial charge in [-0.05, 0) is 29.7 Å². The van der Waals surface area contributed by atoms with Crippen LogP contribution >= 0.6 is 0 Å². The van der Waals surface area contributed by atoms with Gasteiger partial charge in [0.2, 0.25) is 5.91 Å². The number of aryl methyl sites for hydroxylation is 1. The van der Waals surface area contributed by atoms with E-state index in [9.17, 15) is 4.79 Å². The van der Waals surface area contributed by atoms with Gasteiger partial charge in [0.25, 0.3) is 0 Å². The zero-order chi connectivity index (χ0) is 17.1. The topological polar surface area (TPSA) is 61.6 Å². The number of rotatable bonds is 6. The van der Waals surface area contributed by atoms with Gasteiger partial charge in [-0.1, -0.05) is 30.3 Å². The number of carbonyl (C=O) groups excluding carboxylic acids is 1. The summed E-state index contributed by atoms with van der Waals surface area (Å²) in [5.41, 5.74) is 9.49. The molecule has 3 rings (SSSR count). The smallest absolute Gasteiger partial charge is 0.217 e. The van der Waals surface area contributed by atoms with Crippen molar-refractivity contribution >= 4 is 5.91 Å². The molecule has 0 fully saturated rings. The van der Waals surface area contributed by atoms with E-state index in [1.54, 1.807) is 7.11 Å². The lowest BCUT2D eigenvalue weighted by molar-refractivity contribution is -0.117. The molecule has 0 aromatic heterocycles. The van der Waals surface area contributed by atoms with E-state index in [-0.39, 0.29) is 12.0 Å². The highest BCUT2D eigenvalue weighted by Gasteiger charge is 2.27. The molecular weight excluding hydrogens is 302 g/mol. The molecule has 4 nitrogen and oxygen atoms in total. The van der Waals surface area contributed by atoms with E-state index in [0.29, 0.717) is 19.3 Å². The van der Waals surface area contributed by atoms with Crippen molar-refractivity contribution in [2.45, 2.75) is 25.4 Å². The Morgan fingerprint density at radius 3 is 2.92 bits per heavy atom. The van der Waals surface area contributed by atoms with Crippen molar-refractivity contribution < 1.29 is 14.3 Å². The zero-order valence-corrected chi connectivity index (χ0v) is 13.7. The molecule has 24 heavy (non-hydrogen) atoms. The van der Waals surface area contributed by atoms with Gasteiger partial charge in [-0.2, -0.15) is 0 Å². The molecule has 0 radical (unpaired) electrons. The minimum Gasteiger partial charge on any atom is -0.496 e. The summed E-state index contributed by atoms with van der Waals surface area (Å²) < 4.78 is 11.7. The molecule has 0 bridgehead atoms. The van der Waals surface area contributed by atoms with Gasteiger partial charge in [-0.3, -0.25) is 4.79 Å². The van der Waals surface area contributed by atoms with Crippen molar-refractivity contribution in [2.24, 2.45) is 5.73 Å². The van der Waals surface area contributed by atoms with E-state index in [1.165, 1.54) is 0 Å². The zero-order valence-electron chi connectivity index (χ0n) is 13.7. The monoisotopic (exact) mass is 323 g/mol. The van der Waals surface area contributed by atoms with E-state index >= 15 is 0 Å². The minimum absolute atomic E-state index is 0.0920. The number of fused-ring (bicyclic) bond motifs is 3. The minimum atomic E-state index is -0.293. The second kappa shape index (κ2) is 6.79. The maximum Gasteiger partial charge on any atom is 0.217 e. The number of methoxy groups -OCH3 is 1. The van der Waals surface area contributed by atoms with Crippen LogP contribution in [0.15, 0.2) is 49.1 Å². The Kier molecular flexibility index (Phi) is 4.56. The number of benzene rings is 2. The molecule has 124 valence electrons. The molecule has 4 heteroatoms. The molecule has 0 saturated carbocycles. The number of carbonyl (C=O) groups is 1. The Bertz CT molecular complexity index is 782. The highest BCUT2D eigenvalue weighted by atomic mass is 16.5. The average Bonchev–Trinajstić information content (AvgIpc) is 2.59. The van der Waals surface area contributed by atoms with Crippen LogP contribution in [0.3, 0.4) is 0 Å². The molecule has 1 aliphatic rings. The first-order valence-electron chi connectivity index (χ1n) is 8.00. The SMILES string of the molecule is C=CCC1Oc2cccc(OC)c2-c2ccc(CCC(N)=O)cc21. The molecule has 1 atom stereocenters. The molecule has 2 aromatic carbocycles. The van der Waals surface area contributed by atoms with Gasteiger partial charge in [0.15, 0.2) is 0 Å². The number of nitrogens with two attached hydrogens (primary N) is 1. The van der Waals surface area contributed by atoms with Crippen molar-refractivity contribution in [3.63, 3.8) is 0 Å². The number of ether oxygens (including phenoxy) is 2. The van der Waals surface area contributed by atoms with Crippen LogP contribution in [0.1, 0.15) is 30.1 Å². The molecule has 1 aliphatic heterocycles. The molecule has 0 aliphatic carbocycles. The second-order valence-electron chi connectivity index (χ2n) is 5.85. The van der Waals surface area contributed by atoms with Gasteiger partial charge in [0.05, 0.1) is 12.7 Å². The van der Waals surface area contributed by atoms with Crippen molar-refractivity contribution in [1.82, 2.24) is 0 Å². The molecule has 1 heterocycles. The molecule has 1 amide bonds. The molecule has 1 unspecified atom stereocenters. The normalized spacial score (nSPS) is 15.0. The number of primary amides is 1. The largest absolute Gasteiger partial charge is 0.496 e. The Hall–Kier alpha value is -2.75. The first kappa shape index (κ1) is 16.1. The van der Waals surface area contributed by atoms with Crippen molar-refractivity contribution in [1.29, 1.82) is 0 Å². The lowest BCUT2D eigenvalue weighted by Gasteiger charge is -2.29. The predicted octanol–water partition coefficient (Wildman–Crippen LogP) is 3.79. The van der Waals surface area contributed by atoms with Crippen LogP contribution in [-0.2, 0) is 11.2 Å². The Morgan fingerprint density at radius 1 is 1.38 bits per heavy atom. The fourth-order valence-electron chi connectivity index (χ4n) is 3.12. The summed E-state index contributed by atoms with van der Waals surface area (Å²) in [6.07, 6.45) is 3.44. The van der Waals surface area contributed by atoms with E-state index in [4.69, 9.17) is 15.2 Å². The Labute approximate surface area is 141 Å². The standard InChI is InChI=1S/C20H21NO3/c1-3-5-16-15-12-13(9-11-19(21)22)8-10-14(15)20-17(23-2)6-4-7-18(20)24-16/h3-4,6-8,10,12,16H,1,5,9,11H2,2H3,(H2,21,22). The van der Waals surface area contributed by atoms with E-state index in [1.807, 2.05) is 30.3 Å². The summed E-state index contributed by atoms with van der Waals surface area (Å²) in [5, 5.41) is 0. The predicted molar refractivity (Wildman–Crippen MR) is 94.1 cm³/mol. The van der Waals surface area contributed by atoms with Crippen molar-refractivity contribution in [3.05, 3.63) is 60.2 Å². The summed E-state index contributed by atoms with van der Waals surface area (Å²) in [6.45, 7) is 3.83. The van der Waals surface area contributed by atoms with Crippen LogP contribution < -0.4 is 15.2 Å². The van der Waals surface area contributed by atoms with E-state index in [2.05, 4.69) is 18.7 Å². The summed E-state index contributed by atoms with van der Waals surface area (Å²) >= 11 is 0. The summed E-state index contributed by atoms with van der Waals surface area (Å²) in [5.74, 6) is 1.31. The van der Waals surface area contributed by atoms with Gasteiger partial charge < -0.3 is 15.2 Å². The van der Waals surface area contributed by atoms with Crippen LogP contribution in [-0.4, -0.2) is 13.0 Å². The Balaban J connectivity index is 2.08. The van der Waals surface area contributed by atoms with Crippen LogP contribution in [0.25, 0.3) is 11.1 Å². The van der Waals surface area contributed by atoms with E-state index < -0.39 is 0 Å².